The molecule has 0 saturated heterocycles. The number of benzene rings is 1. The number of primary amides is 1. The molecule has 1 aromatic heterocycles. The third-order valence-electron chi connectivity index (χ3n) is 3.65. The zero-order valence-electron chi connectivity index (χ0n) is 14.3. The maximum Gasteiger partial charge on any atom is 0.284 e. The molecule has 0 aliphatic rings. The van der Waals surface area contributed by atoms with Crippen LogP contribution in [0.2, 0.25) is 0 Å². The van der Waals surface area contributed by atoms with Gasteiger partial charge in [-0.25, -0.2) is 4.99 Å². The maximum absolute atomic E-state index is 11.1. The van der Waals surface area contributed by atoms with Crippen LogP contribution in [0.3, 0.4) is 0 Å². The number of nitrogens with one attached hydrogen (secondary N) is 2. The Morgan fingerprint density at radius 1 is 1.29 bits per heavy atom. The number of furan rings is 1. The summed E-state index contributed by atoms with van der Waals surface area (Å²) in [5.74, 6) is 0.838. The molecule has 0 aliphatic heterocycles. The number of hydrogen-bond donors (Lipinski definition) is 3. The number of nitrogens with two attached hydrogens (primary N) is 1. The number of carbonyl (C=O) groups excluding carboxylic acids is 1. The first-order chi connectivity index (χ1) is 11.5. The number of carbonyl (C=O) groups is 1. The fourth-order valence-corrected chi connectivity index (χ4v) is 2.43. The normalized spacial score (nSPS) is 12.7. The molecule has 0 spiro atoms. The molecule has 0 bridgehead atoms. The Hall–Kier alpha value is -2.76. The quantitative estimate of drug-likeness (QED) is 0.561. The van der Waals surface area contributed by atoms with E-state index in [0.29, 0.717) is 18.3 Å². The predicted molar refractivity (Wildman–Crippen MR) is 94.8 cm³/mol. The first-order valence-electron chi connectivity index (χ1n) is 8.00. The highest BCUT2D eigenvalue weighted by Crippen LogP contribution is 2.16. The summed E-state index contributed by atoms with van der Waals surface area (Å²) in [4.78, 5) is 15.6. The van der Waals surface area contributed by atoms with E-state index in [9.17, 15) is 4.79 Å². The average Bonchev–Trinajstić information content (AvgIpc) is 3.02. The molecule has 6 nitrogen and oxygen atoms in total. The van der Waals surface area contributed by atoms with Gasteiger partial charge in [-0.3, -0.25) is 4.79 Å². The molecule has 0 saturated carbocycles. The Labute approximate surface area is 142 Å². The molecule has 0 fully saturated rings. The van der Waals surface area contributed by atoms with Crippen molar-refractivity contribution in [3.05, 3.63) is 59.0 Å². The Kier molecular flexibility index (Phi) is 6.01. The number of aryl methyl sites for hydroxylation is 1. The van der Waals surface area contributed by atoms with E-state index < -0.39 is 5.91 Å². The minimum absolute atomic E-state index is 0.113. The van der Waals surface area contributed by atoms with Crippen molar-refractivity contribution in [1.82, 2.24) is 10.6 Å². The molecule has 128 valence electrons. The van der Waals surface area contributed by atoms with Gasteiger partial charge in [0.05, 0.1) is 6.04 Å². The van der Waals surface area contributed by atoms with Gasteiger partial charge >= 0.3 is 0 Å². The fourth-order valence-electron chi connectivity index (χ4n) is 2.43. The van der Waals surface area contributed by atoms with Crippen molar-refractivity contribution in [2.45, 2.75) is 33.4 Å². The average molecular weight is 328 g/mol. The van der Waals surface area contributed by atoms with E-state index in [4.69, 9.17) is 10.2 Å². The number of rotatable bonds is 6. The highest BCUT2D eigenvalue weighted by atomic mass is 16.3. The summed E-state index contributed by atoms with van der Waals surface area (Å²) in [6, 6.07) is 11.6. The SMILES string of the molecule is CCNC(=NCc1ccc(C(N)=O)o1)NC(C)c1ccccc1C. The van der Waals surface area contributed by atoms with Crippen LogP contribution < -0.4 is 16.4 Å². The Bertz CT molecular complexity index is 721. The van der Waals surface area contributed by atoms with Gasteiger partial charge < -0.3 is 20.8 Å². The molecule has 6 heteroatoms. The third kappa shape index (κ3) is 4.62. The summed E-state index contributed by atoms with van der Waals surface area (Å²) in [5.41, 5.74) is 7.63. The molecule has 0 radical (unpaired) electrons. The molecule has 4 N–H and O–H groups in total. The summed E-state index contributed by atoms with van der Waals surface area (Å²) in [6.07, 6.45) is 0. The van der Waals surface area contributed by atoms with Crippen molar-refractivity contribution >= 4 is 11.9 Å². The summed E-state index contributed by atoms with van der Waals surface area (Å²) in [5, 5.41) is 6.59. The molecule has 2 aromatic rings. The first-order valence-corrected chi connectivity index (χ1v) is 8.00. The van der Waals surface area contributed by atoms with E-state index in [1.54, 1.807) is 12.1 Å². The zero-order valence-corrected chi connectivity index (χ0v) is 14.3. The van der Waals surface area contributed by atoms with Crippen LogP contribution in [0.5, 0.6) is 0 Å². The lowest BCUT2D eigenvalue weighted by atomic mass is 10.0. The Balaban J connectivity index is 2.07. The molecular formula is C18H24N4O2. The predicted octanol–water partition coefficient (Wildman–Crippen LogP) is 2.50. The van der Waals surface area contributed by atoms with E-state index in [-0.39, 0.29) is 11.8 Å². The fraction of sp³-hybridized carbons (Fsp3) is 0.333. The second-order valence-electron chi connectivity index (χ2n) is 5.55. The van der Waals surface area contributed by atoms with Gasteiger partial charge in [-0.2, -0.15) is 0 Å². The van der Waals surface area contributed by atoms with Crippen molar-refractivity contribution in [3.8, 4) is 0 Å². The smallest absolute Gasteiger partial charge is 0.284 e. The van der Waals surface area contributed by atoms with Gasteiger partial charge in [0.25, 0.3) is 5.91 Å². The Morgan fingerprint density at radius 3 is 2.67 bits per heavy atom. The molecule has 1 amide bonds. The van der Waals surface area contributed by atoms with Gasteiger partial charge in [0.2, 0.25) is 0 Å². The highest BCUT2D eigenvalue weighted by molar-refractivity contribution is 5.89. The number of nitrogens with zero attached hydrogens (tertiary/aromatic N) is 1. The lowest BCUT2D eigenvalue weighted by Gasteiger charge is -2.19. The molecule has 1 atom stereocenters. The van der Waals surface area contributed by atoms with Gasteiger partial charge in [0.1, 0.15) is 12.3 Å². The van der Waals surface area contributed by atoms with Crippen molar-refractivity contribution in [1.29, 1.82) is 0 Å². The van der Waals surface area contributed by atoms with E-state index in [0.717, 1.165) is 6.54 Å². The van der Waals surface area contributed by atoms with Gasteiger partial charge in [0.15, 0.2) is 11.7 Å². The summed E-state index contributed by atoms with van der Waals surface area (Å²) < 4.78 is 5.35. The van der Waals surface area contributed by atoms with E-state index in [1.807, 2.05) is 19.1 Å². The third-order valence-corrected chi connectivity index (χ3v) is 3.65. The van der Waals surface area contributed by atoms with Gasteiger partial charge in [-0.1, -0.05) is 24.3 Å². The number of guanidine groups is 1. The monoisotopic (exact) mass is 328 g/mol. The van der Waals surface area contributed by atoms with E-state index in [1.165, 1.54) is 11.1 Å². The lowest BCUT2D eigenvalue weighted by Crippen LogP contribution is -2.38. The van der Waals surface area contributed by atoms with Crippen molar-refractivity contribution in [2.24, 2.45) is 10.7 Å². The van der Waals surface area contributed by atoms with Crippen LogP contribution in [-0.2, 0) is 6.54 Å². The van der Waals surface area contributed by atoms with Gasteiger partial charge in [0, 0.05) is 6.54 Å². The second-order valence-corrected chi connectivity index (χ2v) is 5.55. The Morgan fingerprint density at radius 2 is 2.04 bits per heavy atom. The summed E-state index contributed by atoms with van der Waals surface area (Å²) in [6.45, 7) is 7.26. The second kappa shape index (κ2) is 8.19. The molecule has 24 heavy (non-hydrogen) atoms. The lowest BCUT2D eigenvalue weighted by molar-refractivity contribution is 0.0972. The molecule has 1 unspecified atom stereocenters. The van der Waals surface area contributed by atoms with Crippen LogP contribution in [0, 0.1) is 6.92 Å². The topological polar surface area (TPSA) is 92.6 Å². The number of aliphatic imine (C=N–C) groups is 1. The molecule has 1 aromatic carbocycles. The summed E-state index contributed by atoms with van der Waals surface area (Å²) >= 11 is 0. The highest BCUT2D eigenvalue weighted by Gasteiger charge is 2.11. The first kappa shape index (κ1) is 17.6. The molecule has 2 rings (SSSR count). The van der Waals surface area contributed by atoms with Gasteiger partial charge in [-0.15, -0.1) is 0 Å². The van der Waals surface area contributed by atoms with Crippen LogP contribution >= 0.6 is 0 Å². The van der Waals surface area contributed by atoms with Crippen LogP contribution in [0.15, 0.2) is 45.8 Å². The molecular weight excluding hydrogens is 304 g/mol. The van der Waals surface area contributed by atoms with Crippen molar-refractivity contribution in [3.63, 3.8) is 0 Å². The van der Waals surface area contributed by atoms with Gasteiger partial charge in [-0.05, 0) is 44.0 Å². The van der Waals surface area contributed by atoms with Crippen LogP contribution in [0.25, 0.3) is 0 Å². The standard InChI is InChI=1S/C18H24N4O2/c1-4-20-18(21-11-14-9-10-16(24-14)17(19)23)22-13(3)15-8-6-5-7-12(15)2/h5-10,13H,4,11H2,1-3H3,(H2,19,23)(H2,20,21,22). The number of amides is 1. The molecule has 1 heterocycles. The van der Waals surface area contributed by atoms with Crippen LogP contribution in [0.4, 0.5) is 0 Å². The minimum Gasteiger partial charge on any atom is -0.454 e. The summed E-state index contributed by atoms with van der Waals surface area (Å²) in [7, 11) is 0. The minimum atomic E-state index is -0.580. The van der Waals surface area contributed by atoms with E-state index >= 15 is 0 Å². The van der Waals surface area contributed by atoms with E-state index in [2.05, 4.69) is 41.6 Å². The molecule has 0 aliphatic carbocycles. The number of hydrogen-bond acceptors (Lipinski definition) is 3. The van der Waals surface area contributed by atoms with Crippen molar-refractivity contribution in [2.75, 3.05) is 6.54 Å². The zero-order chi connectivity index (χ0) is 17.5. The largest absolute Gasteiger partial charge is 0.454 e. The maximum atomic E-state index is 11.1. The van der Waals surface area contributed by atoms with Crippen LogP contribution in [0.1, 0.15) is 47.3 Å². The van der Waals surface area contributed by atoms with Crippen molar-refractivity contribution < 1.29 is 9.21 Å². The van der Waals surface area contributed by atoms with Crippen LogP contribution in [-0.4, -0.2) is 18.4 Å².